The molecule has 0 radical (unpaired) electrons. The highest BCUT2D eigenvalue weighted by Crippen LogP contribution is 2.07. The van der Waals surface area contributed by atoms with E-state index in [-0.39, 0.29) is 5.91 Å². The molecule has 15 heavy (non-hydrogen) atoms. The van der Waals surface area contributed by atoms with E-state index in [4.69, 9.17) is 0 Å². The van der Waals surface area contributed by atoms with E-state index in [0.29, 0.717) is 12.3 Å². The topological polar surface area (TPSA) is 20.3 Å². The molecule has 0 saturated heterocycles. The summed E-state index contributed by atoms with van der Waals surface area (Å²) in [5.41, 5.74) is 0. The minimum absolute atomic E-state index is 0.236. The summed E-state index contributed by atoms with van der Waals surface area (Å²) in [6, 6.07) is 0. The van der Waals surface area contributed by atoms with Crippen molar-refractivity contribution in [3.05, 3.63) is 12.2 Å². The first-order valence-electron chi connectivity index (χ1n) is 6.10. The predicted octanol–water partition coefficient (Wildman–Crippen LogP) is 3.24. The molecule has 1 atom stereocenters. The summed E-state index contributed by atoms with van der Waals surface area (Å²) in [5.74, 6) is 0.833. The van der Waals surface area contributed by atoms with Gasteiger partial charge in [0.2, 0.25) is 5.91 Å². The lowest BCUT2D eigenvalue weighted by Gasteiger charge is -2.17. The molecule has 0 rings (SSSR count). The van der Waals surface area contributed by atoms with Crippen LogP contribution in [0.25, 0.3) is 0 Å². The van der Waals surface area contributed by atoms with Gasteiger partial charge in [-0.3, -0.25) is 4.79 Å². The van der Waals surface area contributed by atoms with Gasteiger partial charge in [0.1, 0.15) is 0 Å². The lowest BCUT2D eigenvalue weighted by atomic mass is 10.1. The Hall–Kier alpha value is -0.790. The van der Waals surface area contributed by atoms with E-state index >= 15 is 0 Å². The molecule has 0 aromatic rings. The van der Waals surface area contributed by atoms with Crippen LogP contribution in [0.2, 0.25) is 0 Å². The van der Waals surface area contributed by atoms with Crippen molar-refractivity contribution in [3.63, 3.8) is 0 Å². The number of allylic oxidation sites excluding steroid dienone is 1. The smallest absolute Gasteiger partial charge is 0.226 e. The first-order valence-corrected chi connectivity index (χ1v) is 6.10. The molecule has 0 bridgehead atoms. The highest BCUT2D eigenvalue weighted by molar-refractivity contribution is 5.77. The Morgan fingerprint density at radius 2 is 1.87 bits per heavy atom. The first-order chi connectivity index (χ1) is 7.15. The Balaban J connectivity index is 3.88. The molecule has 2 nitrogen and oxygen atoms in total. The van der Waals surface area contributed by atoms with Gasteiger partial charge in [-0.25, -0.2) is 0 Å². The fraction of sp³-hybridized carbons (Fsp3) is 0.769. The summed E-state index contributed by atoms with van der Waals surface area (Å²) in [6.07, 6.45) is 7.13. The van der Waals surface area contributed by atoms with Crippen LogP contribution in [0.5, 0.6) is 0 Å². The highest BCUT2D eigenvalue weighted by Gasteiger charge is 2.06. The van der Waals surface area contributed by atoms with E-state index in [9.17, 15) is 4.79 Å². The molecule has 1 amide bonds. The maximum atomic E-state index is 11.6. The summed E-state index contributed by atoms with van der Waals surface area (Å²) in [7, 11) is 0. The molecule has 0 saturated carbocycles. The normalized spacial score (nSPS) is 13.1. The lowest BCUT2D eigenvalue weighted by molar-refractivity contribution is -0.129. The van der Waals surface area contributed by atoms with Crippen LogP contribution in [0.15, 0.2) is 12.2 Å². The quantitative estimate of drug-likeness (QED) is 0.592. The van der Waals surface area contributed by atoms with Crippen LogP contribution in [-0.4, -0.2) is 23.9 Å². The van der Waals surface area contributed by atoms with Crippen molar-refractivity contribution >= 4 is 5.91 Å². The third-order valence-corrected chi connectivity index (χ3v) is 2.62. The number of hydrogen-bond acceptors (Lipinski definition) is 1. The Kier molecular flexibility index (Phi) is 8.06. The molecule has 0 heterocycles. The first kappa shape index (κ1) is 14.2. The second-order valence-corrected chi connectivity index (χ2v) is 3.96. The average molecular weight is 211 g/mol. The summed E-state index contributed by atoms with van der Waals surface area (Å²) < 4.78 is 0. The molecule has 0 aliphatic rings. The molecule has 2 heteroatoms. The zero-order chi connectivity index (χ0) is 11.7. The van der Waals surface area contributed by atoms with Crippen LogP contribution in [0.4, 0.5) is 0 Å². The second-order valence-electron chi connectivity index (χ2n) is 3.96. The number of nitrogens with zero attached hydrogens (tertiary/aromatic N) is 1. The average Bonchev–Trinajstić information content (AvgIpc) is 2.20. The van der Waals surface area contributed by atoms with Crippen molar-refractivity contribution in [2.45, 2.75) is 47.0 Å². The van der Waals surface area contributed by atoms with Crippen molar-refractivity contribution in [3.8, 4) is 0 Å². The lowest BCUT2D eigenvalue weighted by Crippen LogP contribution is -2.29. The van der Waals surface area contributed by atoms with Gasteiger partial charge in [0.15, 0.2) is 0 Å². The zero-order valence-corrected chi connectivity index (χ0v) is 10.6. The van der Waals surface area contributed by atoms with Crippen LogP contribution < -0.4 is 0 Å². The van der Waals surface area contributed by atoms with Crippen molar-refractivity contribution in [1.82, 2.24) is 4.90 Å². The number of amides is 1. The van der Waals surface area contributed by atoms with Gasteiger partial charge in [0, 0.05) is 19.5 Å². The molecule has 0 spiro atoms. The minimum atomic E-state index is 0.236. The summed E-state index contributed by atoms with van der Waals surface area (Å²) in [6.45, 7) is 10.0. The van der Waals surface area contributed by atoms with Gasteiger partial charge in [-0.1, -0.05) is 32.4 Å². The van der Waals surface area contributed by atoms with E-state index in [0.717, 1.165) is 13.1 Å². The number of carbonyl (C=O) groups excluding carboxylic acids is 1. The van der Waals surface area contributed by atoms with Gasteiger partial charge in [-0.05, 0) is 26.2 Å². The molecule has 0 aliphatic heterocycles. The summed E-state index contributed by atoms with van der Waals surface area (Å²) in [5, 5.41) is 0. The molecule has 1 unspecified atom stereocenters. The van der Waals surface area contributed by atoms with Gasteiger partial charge in [-0.15, -0.1) is 0 Å². The van der Waals surface area contributed by atoms with Gasteiger partial charge in [-0.2, -0.15) is 0 Å². The molecule has 88 valence electrons. The summed E-state index contributed by atoms with van der Waals surface area (Å²) >= 11 is 0. The van der Waals surface area contributed by atoms with Gasteiger partial charge >= 0.3 is 0 Å². The van der Waals surface area contributed by atoms with Gasteiger partial charge < -0.3 is 4.90 Å². The molecule has 0 fully saturated rings. The maximum absolute atomic E-state index is 11.6. The van der Waals surface area contributed by atoms with Crippen LogP contribution in [0.3, 0.4) is 0 Å². The molecule has 0 N–H and O–H groups in total. The van der Waals surface area contributed by atoms with Crippen molar-refractivity contribution in [2.24, 2.45) is 5.92 Å². The zero-order valence-electron chi connectivity index (χ0n) is 10.6. The molecular weight excluding hydrogens is 186 g/mol. The number of rotatable bonds is 7. The van der Waals surface area contributed by atoms with Gasteiger partial charge in [0.05, 0.1) is 0 Å². The fourth-order valence-electron chi connectivity index (χ4n) is 1.66. The van der Waals surface area contributed by atoms with E-state index in [1.54, 1.807) is 0 Å². The molecular formula is C13H25NO. The SMILES string of the molecule is CCCC(C)/C=C/CC(=O)N(CC)CC. The van der Waals surface area contributed by atoms with Crippen molar-refractivity contribution in [1.29, 1.82) is 0 Å². The third-order valence-electron chi connectivity index (χ3n) is 2.62. The predicted molar refractivity (Wildman–Crippen MR) is 65.8 cm³/mol. The van der Waals surface area contributed by atoms with E-state index < -0.39 is 0 Å². The second kappa shape index (κ2) is 8.51. The van der Waals surface area contributed by atoms with Crippen molar-refractivity contribution < 1.29 is 4.79 Å². The van der Waals surface area contributed by atoms with Crippen LogP contribution in [-0.2, 0) is 4.79 Å². The largest absolute Gasteiger partial charge is 0.343 e. The Labute approximate surface area is 94.4 Å². The van der Waals surface area contributed by atoms with Crippen LogP contribution in [0, 0.1) is 5.92 Å². The van der Waals surface area contributed by atoms with Crippen LogP contribution in [0.1, 0.15) is 47.0 Å². The minimum Gasteiger partial charge on any atom is -0.343 e. The summed E-state index contributed by atoms with van der Waals surface area (Å²) in [4.78, 5) is 13.5. The van der Waals surface area contributed by atoms with Crippen LogP contribution >= 0.6 is 0 Å². The number of carbonyl (C=O) groups is 1. The molecule has 0 aliphatic carbocycles. The highest BCUT2D eigenvalue weighted by atomic mass is 16.2. The monoisotopic (exact) mass is 211 g/mol. The maximum Gasteiger partial charge on any atom is 0.226 e. The van der Waals surface area contributed by atoms with Crippen molar-refractivity contribution in [2.75, 3.05) is 13.1 Å². The van der Waals surface area contributed by atoms with E-state index in [1.807, 2.05) is 24.8 Å². The fourth-order valence-corrected chi connectivity index (χ4v) is 1.66. The Bertz CT molecular complexity index is 195. The van der Waals surface area contributed by atoms with Gasteiger partial charge in [0.25, 0.3) is 0 Å². The standard InChI is InChI=1S/C13H25NO/c1-5-9-12(4)10-8-11-13(15)14(6-2)7-3/h8,10,12H,5-7,9,11H2,1-4H3/b10-8+. The molecule has 0 aromatic heterocycles. The molecule has 0 aromatic carbocycles. The third kappa shape index (κ3) is 6.32. The Morgan fingerprint density at radius 3 is 2.33 bits per heavy atom. The Morgan fingerprint density at radius 1 is 1.27 bits per heavy atom. The number of hydrogen-bond donors (Lipinski definition) is 0. The van der Waals surface area contributed by atoms with E-state index in [2.05, 4.69) is 19.9 Å². The van der Waals surface area contributed by atoms with E-state index in [1.165, 1.54) is 12.8 Å².